The quantitative estimate of drug-likeness (QED) is 0.774. The number of nitrogens with one attached hydrogen (secondary N) is 1. The van der Waals surface area contributed by atoms with Gasteiger partial charge in [-0.3, -0.25) is 14.2 Å². The van der Waals surface area contributed by atoms with Crippen LogP contribution in [0.5, 0.6) is 0 Å². The molecule has 1 N–H and O–H groups in total. The van der Waals surface area contributed by atoms with Crippen molar-refractivity contribution in [3.63, 3.8) is 0 Å². The fraction of sp³-hybridized carbons (Fsp3) is 0.333. The molecule has 3 aromatic rings. The Morgan fingerprint density at radius 1 is 1.22 bits per heavy atom. The maximum Gasteiger partial charge on any atom is 0.263 e. The zero-order valence-corrected chi connectivity index (χ0v) is 15.4. The van der Waals surface area contributed by atoms with Crippen LogP contribution in [0.3, 0.4) is 0 Å². The molecule has 0 saturated carbocycles. The lowest BCUT2D eigenvalue weighted by Gasteiger charge is -2.15. The van der Waals surface area contributed by atoms with Gasteiger partial charge in [0.15, 0.2) is 5.65 Å². The van der Waals surface area contributed by atoms with Gasteiger partial charge in [-0.25, -0.2) is 9.97 Å². The third kappa shape index (κ3) is 3.60. The van der Waals surface area contributed by atoms with Crippen molar-refractivity contribution in [2.45, 2.75) is 45.6 Å². The number of aryl methyl sites for hydroxylation is 3. The van der Waals surface area contributed by atoms with Crippen LogP contribution in [0.4, 0.5) is 5.69 Å². The average Bonchev–Trinajstić information content (AvgIpc) is 2.69. The maximum absolute atomic E-state index is 12.8. The van der Waals surface area contributed by atoms with E-state index in [4.69, 9.17) is 0 Å². The van der Waals surface area contributed by atoms with Gasteiger partial charge in [0.2, 0.25) is 5.91 Å². The number of carbonyl (C=O) groups excluding carboxylic acids is 1. The lowest BCUT2D eigenvalue weighted by Crippen LogP contribution is -2.28. The standard InChI is InChI=1S/C21H22N4O2/c1-2-14-6-5-8-16(10-14)23-19(26)12-25-13-22-20-17(21(25)27)11-15-7-3-4-9-18(15)24-20/h5-6,8,10-11,13H,2-4,7,9,12H2,1H3,(H,23,26). The SMILES string of the molecule is CCc1cccc(NC(=O)Cn2cnc3nc4c(cc3c2=O)CCCC4)c1. The molecule has 2 aromatic heterocycles. The van der Waals surface area contributed by atoms with Crippen molar-refractivity contribution < 1.29 is 4.79 Å². The minimum absolute atomic E-state index is 0.0742. The van der Waals surface area contributed by atoms with Gasteiger partial charge in [-0.15, -0.1) is 0 Å². The van der Waals surface area contributed by atoms with E-state index in [0.29, 0.717) is 11.0 Å². The second kappa shape index (κ2) is 7.31. The summed E-state index contributed by atoms with van der Waals surface area (Å²) in [5, 5.41) is 3.33. The van der Waals surface area contributed by atoms with Crippen molar-refractivity contribution in [2.24, 2.45) is 0 Å². The first-order valence-electron chi connectivity index (χ1n) is 9.41. The van der Waals surface area contributed by atoms with Crippen LogP contribution in [0.25, 0.3) is 11.0 Å². The van der Waals surface area contributed by atoms with Crippen LogP contribution >= 0.6 is 0 Å². The Morgan fingerprint density at radius 2 is 2.07 bits per heavy atom. The number of carbonyl (C=O) groups is 1. The number of rotatable bonds is 4. The topological polar surface area (TPSA) is 76.9 Å². The predicted molar refractivity (Wildman–Crippen MR) is 105 cm³/mol. The van der Waals surface area contributed by atoms with Gasteiger partial charge < -0.3 is 5.32 Å². The normalized spacial score (nSPS) is 13.4. The highest BCUT2D eigenvalue weighted by atomic mass is 16.2. The van der Waals surface area contributed by atoms with E-state index in [0.717, 1.165) is 54.6 Å². The zero-order chi connectivity index (χ0) is 18.8. The van der Waals surface area contributed by atoms with E-state index < -0.39 is 0 Å². The molecule has 1 amide bonds. The van der Waals surface area contributed by atoms with Crippen LogP contribution in [0.15, 0.2) is 41.5 Å². The van der Waals surface area contributed by atoms with E-state index in [-0.39, 0.29) is 18.0 Å². The molecule has 138 valence electrons. The largest absolute Gasteiger partial charge is 0.325 e. The number of benzene rings is 1. The van der Waals surface area contributed by atoms with Crippen LogP contribution in [0.1, 0.15) is 36.6 Å². The Bertz CT molecular complexity index is 1070. The first kappa shape index (κ1) is 17.4. The number of nitrogens with zero attached hydrogens (tertiary/aromatic N) is 3. The Kier molecular flexibility index (Phi) is 4.71. The molecule has 6 nitrogen and oxygen atoms in total. The number of hydrogen-bond donors (Lipinski definition) is 1. The highest BCUT2D eigenvalue weighted by Gasteiger charge is 2.15. The maximum atomic E-state index is 12.8. The number of anilines is 1. The summed E-state index contributed by atoms with van der Waals surface area (Å²) in [7, 11) is 0. The van der Waals surface area contributed by atoms with E-state index in [9.17, 15) is 9.59 Å². The second-order valence-corrected chi connectivity index (χ2v) is 6.95. The molecule has 1 aromatic carbocycles. The summed E-state index contributed by atoms with van der Waals surface area (Å²) < 4.78 is 1.35. The summed E-state index contributed by atoms with van der Waals surface area (Å²) in [5.74, 6) is -0.252. The molecule has 0 fully saturated rings. The number of pyridine rings is 1. The lowest BCUT2D eigenvalue weighted by molar-refractivity contribution is -0.116. The van der Waals surface area contributed by atoms with Gasteiger partial charge in [-0.1, -0.05) is 19.1 Å². The summed E-state index contributed by atoms with van der Waals surface area (Å²) in [6.45, 7) is 1.99. The molecule has 1 aliphatic carbocycles. The molecule has 4 rings (SSSR count). The van der Waals surface area contributed by atoms with Crippen LogP contribution in [0, 0.1) is 0 Å². The monoisotopic (exact) mass is 362 g/mol. The molecule has 0 radical (unpaired) electrons. The molecule has 1 aliphatic rings. The van der Waals surface area contributed by atoms with Gasteiger partial charge >= 0.3 is 0 Å². The third-order valence-electron chi connectivity index (χ3n) is 5.02. The van der Waals surface area contributed by atoms with Gasteiger partial charge in [0.05, 0.1) is 5.39 Å². The molecule has 2 heterocycles. The lowest BCUT2D eigenvalue weighted by atomic mass is 9.95. The van der Waals surface area contributed by atoms with Crippen LogP contribution < -0.4 is 10.9 Å². The number of fused-ring (bicyclic) bond motifs is 2. The van der Waals surface area contributed by atoms with Crippen molar-refractivity contribution in [3.05, 3.63) is 63.8 Å². The van der Waals surface area contributed by atoms with E-state index >= 15 is 0 Å². The summed E-state index contributed by atoms with van der Waals surface area (Å²) in [6.07, 6.45) is 6.44. The van der Waals surface area contributed by atoms with Gasteiger partial charge in [-0.05, 0) is 61.4 Å². The predicted octanol–water partition coefficient (Wildman–Crippen LogP) is 2.87. The van der Waals surface area contributed by atoms with Gasteiger partial charge in [0.1, 0.15) is 12.9 Å². The molecule has 0 aliphatic heterocycles. The Labute approximate surface area is 157 Å². The second-order valence-electron chi connectivity index (χ2n) is 6.95. The van der Waals surface area contributed by atoms with E-state index in [1.807, 2.05) is 30.3 Å². The molecular weight excluding hydrogens is 340 g/mol. The molecule has 0 unspecified atom stereocenters. The smallest absolute Gasteiger partial charge is 0.263 e. The Balaban J connectivity index is 1.59. The van der Waals surface area contributed by atoms with E-state index in [2.05, 4.69) is 22.2 Å². The molecular formula is C21H22N4O2. The minimum atomic E-state index is -0.252. The van der Waals surface area contributed by atoms with Crippen LogP contribution in [0.2, 0.25) is 0 Å². The number of aromatic nitrogens is 3. The van der Waals surface area contributed by atoms with Crippen molar-refractivity contribution in [3.8, 4) is 0 Å². The van der Waals surface area contributed by atoms with Crippen molar-refractivity contribution in [1.29, 1.82) is 0 Å². The van der Waals surface area contributed by atoms with Crippen LogP contribution in [-0.4, -0.2) is 20.4 Å². The highest BCUT2D eigenvalue weighted by Crippen LogP contribution is 2.21. The van der Waals surface area contributed by atoms with Crippen molar-refractivity contribution in [1.82, 2.24) is 14.5 Å². The molecule has 6 heteroatoms. The van der Waals surface area contributed by atoms with Gasteiger partial charge in [0.25, 0.3) is 5.56 Å². The number of hydrogen-bond acceptors (Lipinski definition) is 4. The molecule has 0 atom stereocenters. The molecule has 27 heavy (non-hydrogen) atoms. The number of amides is 1. The average molecular weight is 362 g/mol. The third-order valence-corrected chi connectivity index (χ3v) is 5.02. The van der Waals surface area contributed by atoms with E-state index in [1.54, 1.807) is 0 Å². The fourth-order valence-corrected chi connectivity index (χ4v) is 3.55. The first-order valence-corrected chi connectivity index (χ1v) is 9.41. The molecule has 0 saturated heterocycles. The van der Waals surface area contributed by atoms with Crippen molar-refractivity contribution in [2.75, 3.05) is 5.32 Å². The van der Waals surface area contributed by atoms with Gasteiger partial charge in [0, 0.05) is 11.4 Å². The first-order chi connectivity index (χ1) is 13.1. The zero-order valence-electron chi connectivity index (χ0n) is 15.4. The van der Waals surface area contributed by atoms with E-state index in [1.165, 1.54) is 10.9 Å². The fourth-order valence-electron chi connectivity index (χ4n) is 3.55. The summed E-state index contributed by atoms with van der Waals surface area (Å²) in [5.41, 5.74) is 4.30. The molecule has 0 bridgehead atoms. The summed E-state index contributed by atoms with van der Waals surface area (Å²) in [6, 6.07) is 9.61. The van der Waals surface area contributed by atoms with Crippen LogP contribution in [-0.2, 0) is 30.6 Å². The summed E-state index contributed by atoms with van der Waals surface area (Å²) >= 11 is 0. The highest BCUT2D eigenvalue weighted by molar-refractivity contribution is 5.90. The Hall–Kier alpha value is -3.02. The Morgan fingerprint density at radius 3 is 2.93 bits per heavy atom. The summed E-state index contributed by atoms with van der Waals surface area (Å²) in [4.78, 5) is 34.1. The minimum Gasteiger partial charge on any atom is -0.325 e. The van der Waals surface area contributed by atoms with Crippen molar-refractivity contribution >= 4 is 22.6 Å². The van der Waals surface area contributed by atoms with Gasteiger partial charge in [-0.2, -0.15) is 0 Å². The molecule has 0 spiro atoms.